The van der Waals surface area contributed by atoms with Gasteiger partial charge < -0.3 is 33.8 Å². The van der Waals surface area contributed by atoms with E-state index in [0.29, 0.717) is 25.7 Å². The molecule has 3 unspecified atom stereocenters. The first-order valence-corrected chi connectivity index (χ1v) is 49.2. The van der Waals surface area contributed by atoms with E-state index < -0.39 is 97.5 Å². The smallest absolute Gasteiger partial charge is 0.462 e. The summed E-state index contributed by atoms with van der Waals surface area (Å²) in [5, 5.41) is 10.7. The zero-order valence-corrected chi connectivity index (χ0v) is 74.0. The molecule has 17 nitrogen and oxygen atoms in total. The number of carbonyl (C=O) groups is 4. The average Bonchev–Trinajstić information content (AvgIpc) is 0.900. The Balaban J connectivity index is 5.25. The number of ether oxygens (including phenoxy) is 4. The minimum Gasteiger partial charge on any atom is -0.462 e. The maximum absolute atomic E-state index is 13.2. The molecule has 0 saturated heterocycles. The molecular formula is C90H176O17P2. The molecule has 648 valence electrons. The summed E-state index contributed by atoms with van der Waals surface area (Å²) in [5.74, 6) is 1.09. The van der Waals surface area contributed by atoms with Gasteiger partial charge in [0.05, 0.1) is 26.4 Å². The third-order valence-corrected chi connectivity index (χ3v) is 23.3. The van der Waals surface area contributed by atoms with Crippen molar-refractivity contribution in [2.75, 3.05) is 39.6 Å². The van der Waals surface area contributed by atoms with Gasteiger partial charge in [0.15, 0.2) is 12.2 Å². The van der Waals surface area contributed by atoms with Gasteiger partial charge in [-0.2, -0.15) is 0 Å². The van der Waals surface area contributed by atoms with Crippen molar-refractivity contribution in [3.05, 3.63) is 0 Å². The van der Waals surface area contributed by atoms with Crippen molar-refractivity contribution in [3.63, 3.8) is 0 Å². The van der Waals surface area contributed by atoms with Crippen molar-refractivity contribution in [1.29, 1.82) is 0 Å². The number of aliphatic hydroxyl groups is 1. The molecule has 0 saturated carbocycles. The lowest BCUT2D eigenvalue weighted by Crippen LogP contribution is -2.30. The maximum atomic E-state index is 13.2. The standard InChI is InChI=1S/C90H176O17P2/c1-9-83(8)69-61-53-45-40-41-47-55-63-71-88(93)101-77-86(107-90(95)73-65-57-49-39-33-27-26-30-36-44-52-60-68-82(6)7)79-105-109(98,99)103-75-84(91)74-102-108(96,97)104-78-85(106-89(94)72-64-56-48-38-32-25-21-17-13-11-15-19-23-29-35-43-51-59-67-81(4)5)76-100-87(92)70-62-54-46-37-31-24-20-16-12-10-14-18-22-28-34-42-50-58-66-80(2)3/h80-86,91H,9-79H2,1-8H3,(H,96,97)(H,98,99)/t83?,84-,85-,86-/m1/s1. The Bertz CT molecular complexity index is 2110. The third-order valence-electron chi connectivity index (χ3n) is 21.4. The number of unbranched alkanes of at least 4 members (excludes halogenated alkanes) is 52. The molecule has 0 aliphatic rings. The Morgan fingerprint density at radius 3 is 0.651 bits per heavy atom. The number of carbonyl (C=O) groups excluding carboxylic acids is 4. The second kappa shape index (κ2) is 78.6. The molecule has 0 rings (SSSR count). The normalized spacial score (nSPS) is 14.1. The van der Waals surface area contributed by atoms with Gasteiger partial charge in [0, 0.05) is 25.7 Å². The van der Waals surface area contributed by atoms with Crippen LogP contribution >= 0.6 is 15.6 Å². The Labute approximate surface area is 670 Å². The van der Waals surface area contributed by atoms with Crippen LogP contribution in [0.5, 0.6) is 0 Å². The van der Waals surface area contributed by atoms with Crippen LogP contribution in [-0.2, 0) is 65.4 Å². The van der Waals surface area contributed by atoms with Crippen LogP contribution in [0.3, 0.4) is 0 Å². The van der Waals surface area contributed by atoms with E-state index in [0.717, 1.165) is 114 Å². The van der Waals surface area contributed by atoms with Crippen LogP contribution in [0.2, 0.25) is 0 Å². The molecule has 0 fully saturated rings. The van der Waals surface area contributed by atoms with Crippen molar-refractivity contribution in [1.82, 2.24) is 0 Å². The molecule has 0 aliphatic heterocycles. The molecule has 19 heteroatoms. The summed E-state index contributed by atoms with van der Waals surface area (Å²) in [5.41, 5.74) is 0. The number of rotatable bonds is 87. The SMILES string of the molecule is CCC(C)CCCCCCCCCCC(=O)OC[C@H](COP(=O)(O)OC[C@H](O)COP(=O)(O)OC[C@@H](COC(=O)CCCCCCCCCCCCCCCCCCCCC(C)C)OC(=O)CCCCCCCCCCCCCCCCCCCCC(C)C)OC(=O)CCCCCCCCCCCCCCC(C)C. The van der Waals surface area contributed by atoms with Crippen LogP contribution in [0.4, 0.5) is 0 Å². The van der Waals surface area contributed by atoms with Crippen molar-refractivity contribution in [3.8, 4) is 0 Å². The molecule has 0 spiro atoms. The summed E-state index contributed by atoms with van der Waals surface area (Å²) < 4.78 is 69.0. The Morgan fingerprint density at radius 1 is 0.257 bits per heavy atom. The van der Waals surface area contributed by atoms with E-state index in [1.807, 2.05) is 0 Å². The van der Waals surface area contributed by atoms with Gasteiger partial charge in [0.1, 0.15) is 19.3 Å². The van der Waals surface area contributed by atoms with E-state index in [-0.39, 0.29) is 25.7 Å². The average molecular weight is 1590 g/mol. The Kier molecular flexibility index (Phi) is 77.2. The summed E-state index contributed by atoms with van der Waals surface area (Å²) in [4.78, 5) is 73.4. The van der Waals surface area contributed by atoms with Gasteiger partial charge >= 0.3 is 39.5 Å². The van der Waals surface area contributed by atoms with Crippen molar-refractivity contribution in [2.24, 2.45) is 23.7 Å². The molecular weight excluding hydrogens is 1410 g/mol. The summed E-state index contributed by atoms with van der Waals surface area (Å²) in [6.45, 7) is 14.4. The fourth-order valence-electron chi connectivity index (χ4n) is 14.0. The van der Waals surface area contributed by atoms with Gasteiger partial charge in [0.2, 0.25) is 0 Å². The lowest BCUT2D eigenvalue weighted by atomic mass is 9.99. The summed E-state index contributed by atoms with van der Waals surface area (Å²) in [6, 6.07) is 0. The van der Waals surface area contributed by atoms with Gasteiger partial charge in [-0.15, -0.1) is 0 Å². The van der Waals surface area contributed by atoms with Crippen LogP contribution in [0.15, 0.2) is 0 Å². The molecule has 0 radical (unpaired) electrons. The maximum Gasteiger partial charge on any atom is 0.472 e. The third kappa shape index (κ3) is 82.4. The Hall–Kier alpha value is -1.94. The van der Waals surface area contributed by atoms with Crippen LogP contribution < -0.4 is 0 Å². The number of esters is 4. The van der Waals surface area contributed by atoms with Crippen molar-refractivity contribution in [2.45, 2.75) is 491 Å². The van der Waals surface area contributed by atoms with Gasteiger partial charge in [-0.25, -0.2) is 9.13 Å². The first-order chi connectivity index (χ1) is 52.6. The second-order valence-corrected chi connectivity index (χ2v) is 36.9. The first-order valence-electron chi connectivity index (χ1n) is 46.2. The van der Waals surface area contributed by atoms with Gasteiger partial charge in [-0.05, 0) is 49.4 Å². The van der Waals surface area contributed by atoms with Gasteiger partial charge in [0.25, 0.3) is 0 Å². The van der Waals surface area contributed by atoms with Gasteiger partial charge in [-0.3, -0.25) is 37.3 Å². The number of phosphoric ester groups is 2. The lowest BCUT2D eigenvalue weighted by molar-refractivity contribution is -0.161. The summed E-state index contributed by atoms with van der Waals surface area (Å²) >= 11 is 0. The largest absolute Gasteiger partial charge is 0.472 e. The lowest BCUT2D eigenvalue weighted by Gasteiger charge is -2.21. The monoisotopic (exact) mass is 1590 g/mol. The highest BCUT2D eigenvalue weighted by atomic mass is 31.2. The minimum atomic E-state index is -4.97. The van der Waals surface area contributed by atoms with E-state index in [1.54, 1.807) is 0 Å². The van der Waals surface area contributed by atoms with Crippen molar-refractivity contribution >= 4 is 39.5 Å². The van der Waals surface area contributed by atoms with Crippen LogP contribution in [-0.4, -0.2) is 96.7 Å². The predicted molar refractivity (Wildman–Crippen MR) is 451 cm³/mol. The Morgan fingerprint density at radius 2 is 0.440 bits per heavy atom. The first kappa shape index (κ1) is 107. The highest BCUT2D eigenvalue weighted by Gasteiger charge is 2.31. The quantitative estimate of drug-likeness (QED) is 0.0222. The van der Waals surface area contributed by atoms with Crippen LogP contribution in [0.25, 0.3) is 0 Å². The van der Waals surface area contributed by atoms with Crippen LogP contribution in [0.1, 0.15) is 473 Å². The topological polar surface area (TPSA) is 237 Å². The van der Waals surface area contributed by atoms with E-state index in [4.69, 9.17) is 37.0 Å². The molecule has 0 aromatic carbocycles. The molecule has 0 aliphatic carbocycles. The van der Waals surface area contributed by atoms with E-state index in [9.17, 15) is 43.2 Å². The summed E-state index contributed by atoms with van der Waals surface area (Å²) in [6.07, 6.45) is 69.5. The highest BCUT2D eigenvalue weighted by Crippen LogP contribution is 2.45. The highest BCUT2D eigenvalue weighted by molar-refractivity contribution is 7.47. The van der Waals surface area contributed by atoms with Crippen molar-refractivity contribution < 1.29 is 80.2 Å². The fourth-order valence-corrected chi connectivity index (χ4v) is 15.6. The number of phosphoric acid groups is 2. The summed E-state index contributed by atoms with van der Waals surface area (Å²) in [7, 11) is -9.94. The minimum absolute atomic E-state index is 0.106. The van der Waals surface area contributed by atoms with Crippen LogP contribution in [0, 0.1) is 23.7 Å². The zero-order valence-electron chi connectivity index (χ0n) is 72.2. The molecule has 0 amide bonds. The zero-order chi connectivity index (χ0) is 80.2. The number of hydrogen-bond donors (Lipinski definition) is 3. The van der Waals surface area contributed by atoms with E-state index >= 15 is 0 Å². The molecule has 0 heterocycles. The number of hydrogen-bond acceptors (Lipinski definition) is 15. The molecule has 0 aromatic heterocycles. The molecule has 0 bridgehead atoms. The number of aliphatic hydroxyl groups excluding tert-OH is 1. The molecule has 0 aromatic rings. The fraction of sp³-hybridized carbons (Fsp3) is 0.956. The van der Waals surface area contributed by atoms with E-state index in [2.05, 4.69) is 55.4 Å². The molecule has 109 heavy (non-hydrogen) atoms. The van der Waals surface area contributed by atoms with E-state index in [1.165, 1.54) is 276 Å². The molecule has 3 N–H and O–H groups in total. The van der Waals surface area contributed by atoms with Gasteiger partial charge in [-0.1, -0.05) is 421 Å². The second-order valence-electron chi connectivity index (χ2n) is 34.0. The predicted octanol–water partition coefficient (Wildman–Crippen LogP) is 27.5. The molecule has 6 atom stereocenters.